The summed E-state index contributed by atoms with van der Waals surface area (Å²) in [6.07, 6.45) is 6.85. The fourth-order valence-electron chi connectivity index (χ4n) is 2.71. The summed E-state index contributed by atoms with van der Waals surface area (Å²) < 4.78 is 0. The molecule has 1 heterocycles. The van der Waals surface area contributed by atoms with Gasteiger partial charge in [-0.3, -0.25) is 9.69 Å². The SMILES string of the molecule is CC[C@H](C)[C@@H](C=O)CC(=O)C1CCCCCN1C. The van der Waals surface area contributed by atoms with Crippen molar-refractivity contribution in [2.24, 2.45) is 11.8 Å². The lowest BCUT2D eigenvalue weighted by Gasteiger charge is -2.26. The second-order valence-corrected chi connectivity index (χ2v) is 5.70. The minimum absolute atomic E-state index is 0.0407. The van der Waals surface area contributed by atoms with Crippen molar-refractivity contribution >= 4 is 12.1 Å². The molecule has 1 rings (SSSR count). The van der Waals surface area contributed by atoms with Gasteiger partial charge >= 0.3 is 0 Å². The molecular weight excluding hydrogens is 226 g/mol. The van der Waals surface area contributed by atoms with E-state index in [1.807, 2.05) is 7.05 Å². The summed E-state index contributed by atoms with van der Waals surface area (Å²) >= 11 is 0. The number of likely N-dealkylation sites (tertiary alicyclic amines) is 1. The van der Waals surface area contributed by atoms with Gasteiger partial charge in [-0.15, -0.1) is 0 Å². The van der Waals surface area contributed by atoms with Crippen LogP contribution in [0.5, 0.6) is 0 Å². The van der Waals surface area contributed by atoms with Crippen LogP contribution in [0.2, 0.25) is 0 Å². The zero-order chi connectivity index (χ0) is 13.5. The van der Waals surface area contributed by atoms with Gasteiger partial charge in [0.15, 0.2) is 5.78 Å². The van der Waals surface area contributed by atoms with Gasteiger partial charge in [0.25, 0.3) is 0 Å². The van der Waals surface area contributed by atoms with E-state index < -0.39 is 0 Å². The lowest BCUT2D eigenvalue weighted by molar-refractivity contribution is -0.127. The molecule has 0 amide bonds. The molecule has 1 saturated heterocycles. The van der Waals surface area contributed by atoms with Crippen LogP contribution in [0.4, 0.5) is 0 Å². The molecule has 3 heteroatoms. The number of hydrogen-bond donors (Lipinski definition) is 0. The van der Waals surface area contributed by atoms with Gasteiger partial charge in [0.2, 0.25) is 0 Å². The lowest BCUT2D eigenvalue weighted by atomic mass is 9.86. The van der Waals surface area contributed by atoms with E-state index >= 15 is 0 Å². The first-order valence-corrected chi connectivity index (χ1v) is 7.28. The maximum atomic E-state index is 12.4. The van der Waals surface area contributed by atoms with E-state index in [4.69, 9.17) is 0 Å². The molecule has 0 spiro atoms. The number of rotatable bonds is 6. The first-order chi connectivity index (χ1) is 8.60. The predicted octanol–water partition coefficient (Wildman–Crippen LogP) is 2.68. The Labute approximate surface area is 111 Å². The van der Waals surface area contributed by atoms with E-state index in [0.717, 1.165) is 32.1 Å². The molecule has 0 saturated carbocycles. The first kappa shape index (κ1) is 15.4. The van der Waals surface area contributed by atoms with Crippen molar-refractivity contribution in [3.8, 4) is 0 Å². The quantitative estimate of drug-likeness (QED) is 0.683. The highest BCUT2D eigenvalue weighted by atomic mass is 16.1. The number of Topliss-reactive ketones (excluding diaryl/α,β-unsaturated/α-hetero) is 1. The Morgan fingerprint density at radius 1 is 1.39 bits per heavy atom. The zero-order valence-corrected chi connectivity index (χ0v) is 12.0. The third-order valence-corrected chi connectivity index (χ3v) is 4.38. The summed E-state index contributed by atoms with van der Waals surface area (Å²) in [6, 6.07) is 0.0407. The second kappa shape index (κ2) is 7.67. The standard InChI is InChI=1S/C15H27NO2/c1-4-12(2)13(11-17)10-15(18)14-8-6-5-7-9-16(14)3/h11-14H,4-10H2,1-3H3/t12-,13+,14?/m0/s1. The van der Waals surface area contributed by atoms with Gasteiger partial charge in [-0.25, -0.2) is 0 Å². The highest BCUT2D eigenvalue weighted by Crippen LogP contribution is 2.22. The van der Waals surface area contributed by atoms with Gasteiger partial charge in [-0.2, -0.15) is 0 Å². The Morgan fingerprint density at radius 2 is 2.11 bits per heavy atom. The van der Waals surface area contributed by atoms with Crippen molar-refractivity contribution in [3.63, 3.8) is 0 Å². The molecule has 0 aromatic carbocycles. The molecule has 0 N–H and O–H groups in total. The van der Waals surface area contributed by atoms with Crippen LogP contribution in [-0.4, -0.2) is 36.6 Å². The Morgan fingerprint density at radius 3 is 2.72 bits per heavy atom. The van der Waals surface area contributed by atoms with E-state index in [1.54, 1.807) is 0 Å². The summed E-state index contributed by atoms with van der Waals surface area (Å²) in [5.74, 6) is 0.471. The molecule has 0 aromatic heterocycles. The normalized spacial score (nSPS) is 25.2. The fourth-order valence-corrected chi connectivity index (χ4v) is 2.71. The number of ketones is 1. The molecule has 18 heavy (non-hydrogen) atoms. The highest BCUT2D eigenvalue weighted by molar-refractivity contribution is 5.86. The second-order valence-electron chi connectivity index (χ2n) is 5.70. The van der Waals surface area contributed by atoms with E-state index in [0.29, 0.717) is 12.3 Å². The summed E-state index contributed by atoms with van der Waals surface area (Å²) in [4.78, 5) is 25.6. The predicted molar refractivity (Wildman–Crippen MR) is 73.5 cm³/mol. The van der Waals surface area contributed by atoms with Crippen LogP contribution in [-0.2, 0) is 9.59 Å². The number of carbonyl (C=O) groups excluding carboxylic acids is 2. The minimum atomic E-state index is -0.0980. The van der Waals surface area contributed by atoms with Crippen molar-refractivity contribution in [3.05, 3.63) is 0 Å². The van der Waals surface area contributed by atoms with E-state index in [-0.39, 0.29) is 17.7 Å². The number of hydrogen-bond acceptors (Lipinski definition) is 3. The van der Waals surface area contributed by atoms with Gasteiger partial charge in [0.1, 0.15) is 6.29 Å². The van der Waals surface area contributed by atoms with Gasteiger partial charge in [-0.1, -0.05) is 33.1 Å². The Kier molecular flexibility index (Phi) is 6.55. The lowest BCUT2D eigenvalue weighted by Crippen LogP contribution is -2.39. The first-order valence-electron chi connectivity index (χ1n) is 7.28. The van der Waals surface area contributed by atoms with Crippen molar-refractivity contribution < 1.29 is 9.59 Å². The molecule has 1 fully saturated rings. The van der Waals surface area contributed by atoms with Gasteiger partial charge in [0.05, 0.1) is 6.04 Å². The molecule has 1 aliphatic heterocycles. The Hall–Kier alpha value is -0.700. The Bertz CT molecular complexity index is 278. The highest BCUT2D eigenvalue weighted by Gasteiger charge is 2.28. The van der Waals surface area contributed by atoms with Crippen LogP contribution in [0.15, 0.2) is 0 Å². The van der Waals surface area contributed by atoms with E-state index in [2.05, 4.69) is 18.7 Å². The summed E-state index contributed by atoms with van der Waals surface area (Å²) in [6.45, 7) is 5.14. The molecule has 0 bridgehead atoms. The molecule has 1 unspecified atom stereocenters. The van der Waals surface area contributed by atoms with E-state index in [1.165, 1.54) is 12.8 Å². The molecule has 0 aliphatic carbocycles. The van der Waals surface area contributed by atoms with Crippen LogP contribution in [0.25, 0.3) is 0 Å². The third kappa shape index (κ3) is 4.20. The van der Waals surface area contributed by atoms with Crippen LogP contribution in [0.3, 0.4) is 0 Å². The van der Waals surface area contributed by atoms with Crippen molar-refractivity contribution in [1.29, 1.82) is 0 Å². The van der Waals surface area contributed by atoms with Crippen LogP contribution < -0.4 is 0 Å². The number of carbonyl (C=O) groups is 2. The maximum absolute atomic E-state index is 12.4. The van der Waals surface area contributed by atoms with Crippen molar-refractivity contribution in [2.45, 2.75) is 58.4 Å². The van der Waals surface area contributed by atoms with Crippen molar-refractivity contribution in [2.75, 3.05) is 13.6 Å². The van der Waals surface area contributed by atoms with Crippen LogP contribution in [0.1, 0.15) is 52.4 Å². The topological polar surface area (TPSA) is 37.4 Å². The van der Waals surface area contributed by atoms with Gasteiger partial charge < -0.3 is 4.79 Å². The molecule has 0 aromatic rings. The van der Waals surface area contributed by atoms with Crippen molar-refractivity contribution in [1.82, 2.24) is 4.90 Å². The number of likely N-dealkylation sites (N-methyl/N-ethyl adjacent to an activating group) is 1. The Balaban J connectivity index is 2.59. The summed E-state index contributed by atoms with van der Waals surface area (Å²) in [5.41, 5.74) is 0. The van der Waals surface area contributed by atoms with Gasteiger partial charge in [0, 0.05) is 12.3 Å². The smallest absolute Gasteiger partial charge is 0.150 e. The largest absolute Gasteiger partial charge is 0.303 e. The van der Waals surface area contributed by atoms with Gasteiger partial charge in [-0.05, 0) is 32.4 Å². The monoisotopic (exact) mass is 253 g/mol. The molecule has 104 valence electrons. The number of aldehydes is 1. The minimum Gasteiger partial charge on any atom is -0.303 e. The zero-order valence-electron chi connectivity index (χ0n) is 12.0. The average Bonchev–Trinajstić information content (AvgIpc) is 2.59. The van der Waals surface area contributed by atoms with Crippen LogP contribution in [0, 0.1) is 11.8 Å². The third-order valence-electron chi connectivity index (χ3n) is 4.38. The molecule has 3 nitrogen and oxygen atoms in total. The van der Waals surface area contributed by atoms with E-state index in [9.17, 15) is 9.59 Å². The molecular formula is C15H27NO2. The maximum Gasteiger partial charge on any atom is 0.150 e. The fraction of sp³-hybridized carbons (Fsp3) is 0.867. The summed E-state index contributed by atoms with van der Waals surface area (Å²) in [7, 11) is 2.03. The number of nitrogens with zero attached hydrogens (tertiary/aromatic N) is 1. The molecule has 3 atom stereocenters. The molecule has 0 radical (unpaired) electrons. The summed E-state index contributed by atoms with van der Waals surface area (Å²) in [5, 5.41) is 0. The molecule has 1 aliphatic rings. The van der Waals surface area contributed by atoms with Crippen LogP contribution >= 0.6 is 0 Å². The average molecular weight is 253 g/mol.